The first-order valence-electron chi connectivity index (χ1n) is 12.2. The maximum Gasteiger partial charge on any atom is 0.407 e. The zero-order valence-electron chi connectivity index (χ0n) is 20.8. The number of carbonyl (C=O) groups is 3. The van der Waals surface area contributed by atoms with E-state index < -0.39 is 6.09 Å². The van der Waals surface area contributed by atoms with Gasteiger partial charge in [-0.15, -0.1) is 0 Å². The van der Waals surface area contributed by atoms with Crippen molar-refractivity contribution in [3.63, 3.8) is 0 Å². The molecule has 0 spiro atoms. The molecular weight excluding hydrogens is 444 g/mol. The van der Waals surface area contributed by atoms with Crippen LogP contribution in [0.4, 0.5) is 10.5 Å². The molecule has 3 amide bonds. The SMILES string of the molecule is CC(=O)N1c2ccc(-c3ccc(CN4CCNCC4=O)cc3)cc2C(NC(=O)OC(C)C)CC1C. The lowest BCUT2D eigenvalue weighted by Crippen LogP contribution is -2.47. The number of nitrogens with zero attached hydrogens (tertiary/aromatic N) is 2. The fraction of sp³-hybridized carbons (Fsp3) is 0.444. The molecule has 4 rings (SSSR count). The highest BCUT2D eigenvalue weighted by Gasteiger charge is 2.33. The van der Waals surface area contributed by atoms with Crippen molar-refractivity contribution in [3.8, 4) is 11.1 Å². The quantitative estimate of drug-likeness (QED) is 0.685. The van der Waals surface area contributed by atoms with Crippen LogP contribution < -0.4 is 15.5 Å². The van der Waals surface area contributed by atoms with Crippen molar-refractivity contribution >= 4 is 23.6 Å². The molecule has 1 saturated heterocycles. The molecule has 35 heavy (non-hydrogen) atoms. The number of benzene rings is 2. The van der Waals surface area contributed by atoms with Crippen molar-refractivity contribution in [2.24, 2.45) is 0 Å². The monoisotopic (exact) mass is 478 g/mol. The Bertz CT molecular complexity index is 1100. The number of fused-ring (bicyclic) bond motifs is 1. The molecule has 0 aliphatic carbocycles. The molecule has 0 radical (unpaired) electrons. The van der Waals surface area contributed by atoms with E-state index in [1.807, 2.05) is 68.1 Å². The van der Waals surface area contributed by atoms with Crippen LogP contribution in [0.25, 0.3) is 11.1 Å². The molecule has 0 saturated carbocycles. The van der Waals surface area contributed by atoms with Gasteiger partial charge < -0.3 is 25.2 Å². The molecule has 2 aromatic rings. The van der Waals surface area contributed by atoms with Crippen LogP contribution >= 0.6 is 0 Å². The van der Waals surface area contributed by atoms with E-state index in [4.69, 9.17) is 4.74 Å². The average molecular weight is 479 g/mol. The topological polar surface area (TPSA) is 91.0 Å². The van der Waals surface area contributed by atoms with E-state index in [1.165, 1.54) is 0 Å². The molecule has 2 aromatic carbocycles. The van der Waals surface area contributed by atoms with Crippen LogP contribution in [-0.2, 0) is 20.9 Å². The normalized spacial score (nSPS) is 20.0. The van der Waals surface area contributed by atoms with Crippen molar-refractivity contribution in [2.75, 3.05) is 24.5 Å². The highest BCUT2D eigenvalue weighted by molar-refractivity contribution is 5.94. The number of amides is 3. The molecule has 186 valence electrons. The Morgan fingerprint density at radius 1 is 1.14 bits per heavy atom. The molecule has 0 bridgehead atoms. The highest BCUT2D eigenvalue weighted by atomic mass is 16.6. The summed E-state index contributed by atoms with van der Waals surface area (Å²) in [5.41, 5.74) is 4.81. The minimum Gasteiger partial charge on any atom is -0.447 e. The predicted molar refractivity (Wildman–Crippen MR) is 135 cm³/mol. The summed E-state index contributed by atoms with van der Waals surface area (Å²) in [5, 5.41) is 6.09. The number of ether oxygens (including phenoxy) is 1. The second-order valence-electron chi connectivity index (χ2n) is 9.59. The van der Waals surface area contributed by atoms with Crippen LogP contribution in [0, 0.1) is 0 Å². The molecule has 0 aromatic heterocycles. The zero-order valence-corrected chi connectivity index (χ0v) is 20.8. The van der Waals surface area contributed by atoms with E-state index in [2.05, 4.69) is 10.6 Å². The van der Waals surface area contributed by atoms with Crippen molar-refractivity contribution in [1.29, 1.82) is 0 Å². The molecule has 2 unspecified atom stereocenters. The zero-order chi connectivity index (χ0) is 25.1. The number of carbonyl (C=O) groups excluding carboxylic acids is 3. The van der Waals surface area contributed by atoms with Gasteiger partial charge in [-0.05, 0) is 61.6 Å². The minimum absolute atomic E-state index is 0.0264. The van der Waals surface area contributed by atoms with Gasteiger partial charge in [0.2, 0.25) is 11.8 Å². The van der Waals surface area contributed by atoms with Crippen LogP contribution in [0.2, 0.25) is 0 Å². The Balaban J connectivity index is 1.60. The molecule has 8 heteroatoms. The molecule has 1 fully saturated rings. The molecule has 8 nitrogen and oxygen atoms in total. The lowest BCUT2D eigenvalue weighted by molar-refractivity contribution is -0.132. The Labute approximate surface area is 206 Å². The standard InChI is InChI=1S/C27H34N4O4/c1-17(2)35-27(34)29-24-13-18(3)31(19(4)32)25-10-9-22(14-23(24)25)21-7-5-20(6-8-21)16-30-12-11-28-15-26(30)33/h5-10,14,17-18,24,28H,11-13,15-16H2,1-4H3,(H,29,34). The molecule has 2 aliphatic rings. The fourth-order valence-corrected chi connectivity index (χ4v) is 4.89. The number of alkyl carbamates (subject to hydrolysis) is 1. The Hall–Kier alpha value is -3.39. The fourth-order valence-electron chi connectivity index (χ4n) is 4.89. The number of hydrogen-bond donors (Lipinski definition) is 2. The van der Waals surface area contributed by atoms with Gasteiger partial charge in [-0.2, -0.15) is 0 Å². The first-order valence-corrected chi connectivity index (χ1v) is 12.2. The average Bonchev–Trinajstić information content (AvgIpc) is 2.80. The largest absolute Gasteiger partial charge is 0.447 e. The Morgan fingerprint density at radius 3 is 2.51 bits per heavy atom. The first kappa shape index (κ1) is 24.7. The first-order chi connectivity index (χ1) is 16.7. The van der Waals surface area contributed by atoms with Crippen molar-refractivity contribution in [3.05, 3.63) is 53.6 Å². The van der Waals surface area contributed by atoms with E-state index in [1.54, 1.807) is 11.8 Å². The summed E-state index contributed by atoms with van der Waals surface area (Å²) in [7, 11) is 0. The van der Waals surface area contributed by atoms with E-state index in [9.17, 15) is 14.4 Å². The maximum atomic E-state index is 12.4. The number of rotatable bonds is 5. The minimum atomic E-state index is -0.461. The van der Waals surface area contributed by atoms with Gasteiger partial charge in [0.05, 0.1) is 18.7 Å². The van der Waals surface area contributed by atoms with Crippen LogP contribution in [0.3, 0.4) is 0 Å². The summed E-state index contributed by atoms with van der Waals surface area (Å²) in [6.07, 6.45) is -0.0804. The predicted octanol–water partition coefficient (Wildman–Crippen LogP) is 3.61. The van der Waals surface area contributed by atoms with E-state index >= 15 is 0 Å². The second-order valence-corrected chi connectivity index (χ2v) is 9.59. The summed E-state index contributed by atoms with van der Waals surface area (Å²) < 4.78 is 5.31. The molecular formula is C27H34N4O4. The third-order valence-corrected chi connectivity index (χ3v) is 6.50. The Kier molecular flexibility index (Phi) is 7.40. The number of nitrogens with one attached hydrogen (secondary N) is 2. The van der Waals surface area contributed by atoms with Gasteiger partial charge in [-0.3, -0.25) is 9.59 Å². The van der Waals surface area contributed by atoms with Crippen LogP contribution in [0.15, 0.2) is 42.5 Å². The van der Waals surface area contributed by atoms with Crippen molar-refractivity contribution < 1.29 is 19.1 Å². The van der Waals surface area contributed by atoms with Crippen LogP contribution in [0.1, 0.15) is 51.3 Å². The van der Waals surface area contributed by atoms with Crippen LogP contribution in [0.5, 0.6) is 0 Å². The third kappa shape index (κ3) is 5.65. The smallest absolute Gasteiger partial charge is 0.407 e. The maximum absolute atomic E-state index is 12.4. The second kappa shape index (κ2) is 10.5. The summed E-state index contributed by atoms with van der Waals surface area (Å²) in [4.78, 5) is 40.5. The van der Waals surface area contributed by atoms with Crippen LogP contribution in [-0.4, -0.2) is 54.6 Å². The molecule has 2 atom stereocenters. The van der Waals surface area contributed by atoms with Gasteiger partial charge in [0.1, 0.15) is 0 Å². The van der Waals surface area contributed by atoms with E-state index in [-0.39, 0.29) is 30.0 Å². The molecule has 2 N–H and O–H groups in total. The van der Waals surface area contributed by atoms with E-state index in [0.717, 1.165) is 34.5 Å². The van der Waals surface area contributed by atoms with Crippen molar-refractivity contribution in [2.45, 2.75) is 58.8 Å². The molecule has 2 heterocycles. The van der Waals surface area contributed by atoms with E-state index in [0.29, 0.717) is 26.1 Å². The Morgan fingerprint density at radius 2 is 1.86 bits per heavy atom. The lowest BCUT2D eigenvalue weighted by atomic mass is 9.89. The number of piperazine rings is 1. The lowest BCUT2D eigenvalue weighted by Gasteiger charge is -2.39. The van der Waals surface area contributed by atoms with Gasteiger partial charge in [0.25, 0.3) is 0 Å². The van der Waals surface area contributed by atoms with Gasteiger partial charge >= 0.3 is 6.09 Å². The summed E-state index contributed by atoms with van der Waals surface area (Å²) in [5.74, 6) is 0.0929. The number of anilines is 1. The summed E-state index contributed by atoms with van der Waals surface area (Å²) in [6, 6.07) is 13.9. The summed E-state index contributed by atoms with van der Waals surface area (Å²) in [6.45, 7) is 9.70. The van der Waals surface area contributed by atoms with Gasteiger partial charge in [0.15, 0.2) is 0 Å². The van der Waals surface area contributed by atoms with Gasteiger partial charge in [-0.1, -0.05) is 30.3 Å². The third-order valence-electron chi connectivity index (χ3n) is 6.50. The van der Waals surface area contributed by atoms with Gasteiger partial charge in [-0.25, -0.2) is 4.79 Å². The van der Waals surface area contributed by atoms with Crippen molar-refractivity contribution in [1.82, 2.24) is 15.5 Å². The van der Waals surface area contributed by atoms with Gasteiger partial charge in [0, 0.05) is 38.3 Å². The summed E-state index contributed by atoms with van der Waals surface area (Å²) >= 11 is 0. The number of hydrogen-bond acceptors (Lipinski definition) is 5. The highest BCUT2D eigenvalue weighted by Crippen LogP contribution is 2.39. The molecule has 2 aliphatic heterocycles.